The molecule has 36 heavy (non-hydrogen) atoms. The van der Waals surface area contributed by atoms with Gasteiger partial charge in [-0.3, -0.25) is 4.79 Å². The second-order valence-electron chi connectivity index (χ2n) is 7.74. The summed E-state index contributed by atoms with van der Waals surface area (Å²) in [6.07, 6.45) is 1.22. The Labute approximate surface area is 203 Å². The first kappa shape index (κ1) is 23.2. The molecular weight excluding hydrogens is 492 g/mol. The van der Waals surface area contributed by atoms with Gasteiger partial charge in [0.05, 0.1) is 12.0 Å². The van der Waals surface area contributed by atoms with E-state index in [1.54, 1.807) is 0 Å². The van der Waals surface area contributed by atoms with Gasteiger partial charge in [-0.2, -0.15) is 0 Å². The van der Waals surface area contributed by atoms with Crippen LogP contribution in [0.4, 0.5) is 20.3 Å². The number of methoxy groups -OCH3 is 1. The zero-order valence-electron chi connectivity index (χ0n) is 18.6. The van der Waals surface area contributed by atoms with Crippen molar-refractivity contribution in [3.8, 4) is 16.9 Å². The highest BCUT2D eigenvalue weighted by molar-refractivity contribution is 7.93. The minimum absolute atomic E-state index is 0.0422. The number of H-pyrrole nitrogens is 1. The number of rotatable bonds is 6. The van der Waals surface area contributed by atoms with Gasteiger partial charge in [-0.25, -0.2) is 21.5 Å². The molecule has 2 heterocycles. The van der Waals surface area contributed by atoms with Crippen molar-refractivity contribution in [3.05, 3.63) is 101 Å². The summed E-state index contributed by atoms with van der Waals surface area (Å²) in [6.45, 7) is 0. The average molecular weight is 509 g/mol. The molecule has 5 rings (SSSR count). The average Bonchev–Trinajstić information content (AvgIpc) is 3.37. The molecule has 0 unspecified atom stereocenters. The fourth-order valence-corrected chi connectivity index (χ4v) is 5.31. The number of benzene rings is 3. The van der Waals surface area contributed by atoms with E-state index in [4.69, 9.17) is 9.26 Å². The third-order valence-electron chi connectivity index (χ3n) is 5.46. The number of fused-ring (bicyclic) bond motifs is 1. The molecule has 0 aliphatic rings. The fraction of sp³-hybridized carbons (Fsp3) is 0.0400. The minimum atomic E-state index is -4.28. The van der Waals surface area contributed by atoms with E-state index in [9.17, 15) is 22.0 Å². The van der Waals surface area contributed by atoms with Gasteiger partial charge in [-0.05, 0) is 65.0 Å². The molecule has 11 heteroatoms. The number of hydrogen-bond donors (Lipinski definition) is 1. The maximum absolute atomic E-state index is 13.9. The van der Waals surface area contributed by atoms with Gasteiger partial charge >= 0.3 is 0 Å². The highest BCUT2D eigenvalue weighted by Gasteiger charge is 2.31. The summed E-state index contributed by atoms with van der Waals surface area (Å²) in [4.78, 5) is 14.2. The van der Waals surface area contributed by atoms with Gasteiger partial charge in [0.1, 0.15) is 29.3 Å². The smallest absolute Gasteiger partial charge is 0.270 e. The van der Waals surface area contributed by atoms with Crippen LogP contribution in [0.3, 0.4) is 0 Å². The van der Waals surface area contributed by atoms with Gasteiger partial charge < -0.3 is 14.2 Å². The molecule has 0 atom stereocenters. The van der Waals surface area contributed by atoms with Gasteiger partial charge in [0, 0.05) is 23.7 Å². The molecule has 0 amide bonds. The Bertz CT molecular complexity index is 1730. The molecule has 182 valence electrons. The molecule has 0 radical (unpaired) electrons. The Morgan fingerprint density at radius 2 is 1.69 bits per heavy atom. The van der Waals surface area contributed by atoms with E-state index >= 15 is 0 Å². The highest BCUT2D eigenvalue weighted by Crippen LogP contribution is 2.40. The molecule has 8 nitrogen and oxygen atoms in total. The number of halogens is 2. The molecule has 3 aromatic carbocycles. The third-order valence-corrected chi connectivity index (χ3v) is 7.17. The number of anilines is 2. The Hall–Kier alpha value is -4.51. The maximum Gasteiger partial charge on any atom is 0.270 e. The van der Waals surface area contributed by atoms with Crippen molar-refractivity contribution < 1.29 is 26.5 Å². The number of nitrogens with zero attached hydrogens (tertiary/aromatic N) is 2. The van der Waals surface area contributed by atoms with Crippen LogP contribution in [0.15, 0.2) is 93.3 Å². The van der Waals surface area contributed by atoms with Crippen LogP contribution in [-0.4, -0.2) is 25.7 Å². The lowest BCUT2D eigenvalue weighted by Crippen LogP contribution is -2.27. The van der Waals surface area contributed by atoms with E-state index in [2.05, 4.69) is 10.1 Å². The van der Waals surface area contributed by atoms with Gasteiger partial charge in [0.25, 0.3) is 10.0 Å². The lowest BCUT2D eigenvalue weighted by molar-refractivity contribution is 0.414. The van der Waals surface area contributed by atoms with E-state index in [1.807, 2.05) is 0 Å². The summed E-state index contributed by atoms with van der Waals surface area (Å²) in [5.74, 6) is -1.44. The predicted octanol–water partition coefficient (Wildman–Crippen LogP) is 5.00. The van der Waals surface area contributed by atoms with Crippen LogP contribution >= 0.6 is 0 Å². The molecule has 0 saturated carbocycles. The number of sulfonamides is 1. The Kier molecular flexibility index (Phi) is 5.77. The summed E-state index contributed by atoms with van der Waals surface area (Å²) in [7, 11) is -2.94. The molecule has 1 N–H and O–H groups in total. The van der Waals surface area contributed by atoms with Crippen LogP contribution < -0.4 is 14.6 Å². The van der Waals surface area contributed by atoms with E-state index in [1.165, 1.54) is 68.0 Å². The summed E-state index contributed by atoms with van der Waals surface area (Å²) in [6, 6.07) is 15.9. The predicted molar refractivity (Wildman–Crippen MR) is 129 cm³/mol. The van der Waals surface area contributed by atoms with Gasteiger partial charge in [0.15, 0.2) is 5.82 Å². The molecule has 0 spiro atoms. The number of hydrogen-bond acceptors (Lipinski definition) is 6. The van der Waals surface area contributed by atoms with E-state index in [0.29, 0.717) is 16.5 Å². The molecule has 0 fully saturated rings. The molecule has 0 aliphatic carbocycles. The molecular formula is C25H17F2N3O5S. The van der Waals surface area contributed by atoms with Crippen molar-refractivity contribution in [1.29, 1.82) is 0 Å². The zero-order chi connectivity index (χ0) is 25.4. The first-order valence-corrected chi connectivity index (χ1v) is 11.9. The number of aromatic amines is 1. The van der Waals surface area contributed by atoms with Crippen molar-refractivity contribution in [2.75, 3.05) is 11.4 Å². The normalized spacial score (nSPS) is 11.5. The van der Waals surface area contributed by atoms with Crippen LogP contribution in [0, 0.1) is 11.6 Å². The maximum atomic E-state index is 13.9. The van der Waals surface area contributed by atoms with Gasteiger partial charge in [-0.15, -0.1) is 0 Å². The van der Waals surface area contributed by atoms with Crippen molar-refractivity contribution >= 4 is 32.4 Å². The Morgan fingerprint density at radius 1 is 0.917 bits per heavy atom. The minimum Gasteiger partial charge on any atom is -0.495 e. The van der Waals surface area contributed by atoms with E-state index < -0.39 is 21.7 Å². The third kappa shape index (κ3) is 4.20. The lowest BCUT2D eigenvalue weighted by Gasteiger charge is -2.24. The van der Waals surface area contributed by atoms with Gasteiger partial charge in [0.2, 0.25) is 5.56 Å². The monoisotopic (exact) mass is 509 g/mol. The second-order valence-corrected chi connectivity index (χ2v) is 9.53. The number of aromatic nitrogens is 2. The van der Waals surface area contributed by atoms with Crippen LogP contribution in [-0.2, 0) is 10.0 Å². The van der Waals surface area contributed by atoms with Crippen LogP contribution in [0.1, 0.15) is 0 Å². The molecule has 2 aromatic heterocycles. The van der Waals surface area contributed by atoms with Crippen molar-refractivity contribution in [1.82, 2.24) is 10.1 Å². The number of ether oxygens (including phenoxy) is 1. The van der Waals surface area contributed by atoms with E-state index in [-0.39, 0.29) is 33.3 Å². The Balaban J connectivity index is 1.67. The van der Waals surface area contributed by atoms with Crippen molar-refractivity contribution in [2.45, 2.75) is 4.90 Å². The highest BCUT2D eigenvalue weighted by atomic mass is 32.2. The molecule has 0 saturated heterocycles. The van der Waals surface area contributed by atoms with Crippen LogP contribution in [0.25, 0.3) is 22.0 Å². The lowest BCUT2D eigenvalue weighted by atomic mass is 10.0. The number of nitrogens with one attached hydrogen (secondary N) is 1. The summed E-state index contributed by atoms with van der Waals surface area (Å²) < 4.78 is 66.6. The number of pyridine rings is 1. The summed E-state index contributed by atoms with van der Waals surface area (Å²) in [5.41, 5.74) is 0.899. The summed E-state index contributed by atoms with van der Waals surface area (Å²) in [5, 5.41) is 4.31. The quantitative estimate of drug-likeness (QED) is 0.346. The Morgan fingerprint density at radius 3 is 2.39 bits per heavy atom. The first-order chi connectivity index (χ1) is 17.3. The molecule has 0 aliphatic heterocycles. The SMILES string of the molecule is COc1cc(-c2cc(F)cc(F)c2)ccc1N(c1ccon1)S(=O)(=O)c1ccc2[nH]c(=O)ccc2c1. The fourth-order valence-electron chi connectivity index (χ4n) is 3.83. The van der Waals surface area contributed by atoms with Crippen LogP contribution in [0.2, 0.25) is 0 Å². The second kappa shape index (κ2) is 8.93. The zero-order valence-corrected chi connectivity index (χ0v) is 19.4. The van der Waals surface area contributed by atoms with Crippen molar-refractivity contribution in [2.24, 2.45) is 0 Å². The molecule has 0 bridgehead atoms. The standard InChI is InChI=1S/C25H17F2N3O5S/c1-34-23-13-15(17-10-18(26)14-19(27)11-17)2-6-22(23)30(24-8-9-35-29-24)36(32,33)20-4-5-21-16(12-20)3-7-25(31)28-21/h2-14H,1H3,(H,28,31). The molecule has 5 aromatic rings. The van der Waals surface area contributed by atoms with Gasteiger partial charge in [-0.1, -0.05) is 11.2 Å². The summed E-state index contributed by atoms with van der Waals surface area (Å²) >= 11 is 0. The van der Waals surface area contributed by atoms with E-state index in [0.717, 1.165) is 22.5 Å². The van der Waals surface area contributed by atoms with Crippen LogP contribution in [0.5, 0.6) is 5.75 Å². The topological polar surface area (TPSA) is 106 Å². The first-order valence-electron chi connectivity index (χ1n) is 10.5. The largest absolute Gasteiger partial charge is 0.495 e. The van der Waals surface area contributed by atoms with Crippen molar-refractivity contribution in [3.63, 3.8) is 0 Å².